The Morgan fingerprint density at radius 3 is 2.23 bits per heavy atom. The number of amides is 1. The first-order valence-corrected chi connectivity index (χ1v) is 16.2. The Morgan fingerprint density at radius 1 is 0.875 bits per heavy atom. The molecule has 0 bridgehead atoms. The molecular weight excluding hydrogens is 510 g/mol. The number of fused-ring (bicyclic) bond motifs is 5. The lowest BCUT2D eigenvalue weighted by atomic mass is 9.43. The first-order chi connectivity index (χ1) is 19.0. The minimum atomic E-state index is -0.891. The average molecular weight is 562 g/mol. The van der Waals surface area contributed by atoms with E-state index in [1.807, 2.05) is 0 Å². The van der Waals surface area contributed by atoms with Gasteiger partial charge in [0, 0.05) is 44.9 Å². The highest BCUT2D eigenvalue weighted by molar-refractivity contribution is 5.73. The van der Waals surface area contributed by atoms with Crippen LogP contribution >= 0.6 is 0 Å². The highest BCUT2D eigenvalue weighted by Gasteiger charge is 2.66. The molecule has 1 aliphatic heterocycles. The predicted octanol–water partition coefficient (Wildman–Crippen LogP) is 6.36. The molecule has 0 radical (unpaired) electrons. The zero-order valence-corrected chi connectivity index (χ0v) is 25.1. The molecule has 0 unspecified atom stereocenters. The lowest BCUT2D eigenvalue weighted by Crippen LogP contribution is -2.62. The second kappa shape index (κ2) is 10.5. The summed E-state index contributed by atoms with van der Waals surface area (Å²) in [6.07, 6.45) is 14.0. The molecule has 1 heterocycles. The van der Waals surface area contributed by atoms with Gasteiger partial charge in [0.2, 0.25) is 17.5 Å². The summed E-state index contributed by atoms with van der Waals surface area (Å²) in [6.45, 7) is 8.82. The number of esters is 1. The van der Waals surface area contributed by atoms with E-state index in [0.717, 1.165) is 57.8 Å². The molecule has 5 aliphatic carbocycles. The molecule has 0 aromatic heterocycles. The fraction of sp³-hybridized carbons (Fsp3) is 0.938. The summed E-state index contributed by atoms with van der Waals surface area (Å²) in [7, 11) is 0. The third-order valence-corrected chi connectivity index (χ3v) is 12.9. The van der Waals surface area contributed by atoms with E-state index >= 15 is 0 Å². The highest BCUT2D eigenvalue weighted by atomic mass is 17.4. The zero-order valence-electron chi connectivity index (χ0n) is 25.1. The SMILES string of the molecule is CC(=O)O[C@@H]1C[C@@H]2CC3(CC[C@]2(C)[C@H]2CC[C@]4(C)[C@@H]([C@H](C)CCC(N)=O)CC[C@H]4[C@H]12)OOC1(CCCCC1)OO3. The summed E-state index contributed by atoms with van der Waals surface area (Å²) in [4.78, 5) is 48.2. The Morgan fingerprint density at radius 2 is 1.55 bits per heavy atom. The lowest BCUT2D eigenvalue weighted by molar-refractivity contribution is -0.665. The summed E-state index contributed by atoms with van der Waals surface area (Å²) >= 11 is 0. The normalized spacial score (nSPS) is 44.3. The minimum Gasteiger partial charge on any atom is -0.462 e. The van der Waals surface area contributed by atoms with E-state index in [2.05, 4.69) is 20.8 Å². The summed E-state index contributed by atoms with van der Waals surface area (Å²) < 4.78 is 6.20. The molecule has 0 aromatic rings. The molecule has 2 N–H and O–H groups in total. The average Bonchev–Trinajstić information content (AvgIpc) is 3.27. The second-order valence-electron chi connectivity index (χ2n) is 15.0. The Kier molecular flexibility index (Phi) is 7.58. The maximum atomic E-state index is 12.4. The molecule has 0 aromatic carbocycles. The molecule has 5 saturated carbocycles. The largest absolute Gasteiger partial charge is 0.462 e. The monoisotopic (exact) mass is 561 g/mol. The number of hydrogen-bond donors (Lipinski definition) is 1. The van der Waals surface area contributed by atoms with E-state index in [1.54, 1.807) is 6.92 Å². The van der Waals surface area contributed by atoms with Crippen molar-refractivity contribution in [2.24, 2.45) is 52.1 Å². The van der Waals surface area contributed by atoms with E-state index in [9.17, 15) is 9.59 Å². The van der Waals surface area contributed by atoms with Gasteiger partial charge in [-0.2, -0.15) is 19.6 Å². The molecule has 9 atom stereocenters. The van der Waals surface area contributed by atoms with Crippen molar-refractivity contribution in [3.05, 3.63) is 0 Å². The Balaban J connectivity index is 1.22. The van der Waals surface area contributed by atoms with Gasteiger partial charge in [-0.25, -0.2) is 0 Å². The number of ether oxygens (including phenoxy) is 1. The van der Waals surface area contributed by atoms with Crippen molar-refractivity contribution in [2.75, 3.05) is 0 Å². The van der Waals surface area contributed by atoms with Crippen LogP contribution in [0.15, 0.2) is 0 Å². The standard InChI is InChI=1S/C32H51NO7/c1-20(8-11-27(33)35)23-9-10-24-28-25(12-15-30(23,24)4)29(3)16-17-32(19-22(29)18-26(28)36-21(2)34)39-37-31(38-40-32)13-6-5-7-14-31/h20,22-26,28H,5-19H2,1-4H3,(H2,33,35)/t20-,22-,23-,24+,25+,26-,28+,29+,30-/m1/s1. The summed E-state index contributed by atoms with van der Waals surface area (Å²) in [5, 5.41) is 0. The van der Waals surface area contributed by atoms with Gasteiger partial charge in [0.1, 0.15) is 6.10 Å². The van der Waals surface area contributed by atoms with Gasteiger partial charge in [-0.15, -0.1) is 0 Å². The maximum Gasteiger partial charge on any atom is 0.302 e. The second-order valence-corrected chi connectivity index (χ2v) is 15.0. The molecule has 2 spiro atoms. The van der Waals surface area contributed by atoms with Crippen molar-refractivity contribution in [1.29, 1.82) is 0 Å². The molecule has 1 amide bonds. The van der Waals surface area contributed by atoms with Gasteiger partial charge in [0.15, 0.2) is 0 Å². The van der Waals surface area contributed by atoms with Crippen LogP contribution in [-0.2, 0) is 33.9 Å². The van der Waals surface area contributed by atoms with Gasteiger partial charge < -0.3 is 10.5 Å². The van der Waals surface area contributed by atoms with E-state index in [4.69, 9.17) is 30.0 Å². The highest BCUT2D eigenvalue weighted by Crippen LogP contribution is 2.69. The Bertz CT molecular complexity index is 970. The third-order valence-electron chi connectivity index (χ3n) is 12.9. The Labute approximate surface area is 239 Å². The summed E-state index contributed by atoms with van der Waals surface area (Å²) in [5.74, 6) is 0.635. The van der Waals surface area contributed by atoms with Gasteiger partial charge in [-0.05, 0) is 98.2 Å². The van der Waals surface area contributed by atoms with Crippen molar-refractivity contribution in [2.45, 2.75) is 142 Å². The third kappa shape index (κ3) is 4.83. The van der Waals surface area contributed by atoms with Crippen LogP contribution in [0.2, 0.25) is 0 Å². The van der Waals surface area contributed by atoms with Crippen LogP contribution in [0.4, 0.5) is 0 Å². The van der Waals surface area contributed by atoms with E-state index < -0.39 is 11.6 Å². The van der Waals surface area contributed by atoms with Gasteiger partial charge in [0.05, 0.1) is 0 Å². The van der Waals surface area contributed by atoms with Gasteiger partial charge in [-0.1, -0.05) is 27.2 Å². The van der Waals surface area contributed by atoms with Crippen molar-refractivity contribution in [3.8, 4) is 0 Å². The molecule has 6 aliphatic rings. The van der Waals surface area contributed by atoms with Gasteiger partial charge in [-0.3, -0.25) is 9.59 Å². The first kappa shape index (κ1) is 28.9. The zero-order chi connectivity index (χ0) is 28.3. The summed E-state index contributed by atoms with van der Waals surface area (Å²) in [6, 6.07) is 0. The molecule has 6 fully saturated rings. The molecule has 6 rings (SSSR count). The van der Waals surface area contributed by atoms with Crippen molar-refractivity contribution in [3.63, 3.8) is 0 Å². The number of rotatable bonds is 5. The van der Waals surface area contributed by atoms with Gasteiger partial charge >= 0.3 is 5.97 Å². The van der Waals surface area contributed by atoms with Crippen molar-refractivity contribution >= 4 is 11.9 Å². The van der Waals surface area contributed by atoms with Crippen LogP contribution in [-0.4, -0.2) is 29.6 Å². The van der Waals surface area contributed by atoms with Crippen LogP contribution in [0.1, 0.15) is 124 Å². The Hall–Kier alpha value is -1.22. The van der Waals surface area contributed by atoms with E-state index in [-0.39, 0.29) is 34.7 Å². The predicted molar refractivity (Wildman–Crippen MR) is 147 cm³/mol. The molecule has 40 heavy (non-hydrogen) atoms. The van der Waals surface area contributed by atoms with Crippen LogP contribution in [0.25, 0.3) is 0 Å². The molecular formula is C32H51NO7. The van der Waals surface area contributed by atoms with E-state index in [0.29, 0.717) is 42.4 Å². The molecule has 226 valence electrons. The number of nitrogens with two attached hydrogens (primary N) is 1. The first-order valence-electron chi connectivity index (χ1n) is 16.2. The van der Waals surface area contributed by atoms with Crippen LogP contribution in [0.5, 0.6) is 0 Å². The smallest absolute Gasteiger partial charge is 0.302 e. The fourth-order valence-electron chi connectivity index (χ4n) is 10.8. The number of carbonyl (C=O) groups excluding carboxylic acids is 2. The molecule has 8 nitrogen and oxygen atoms in total. The molecule has 8 heteroatoms. The number of carbonyl (C=O) groups is 2. The van der Waals surface area contributed by atoms with E-state index in [1.165, 1.54) is 25.7 Å². The van der Waals surface area contributed by atoms with Gasteiger partial charge in [0.25, 0.3) is 0 Å². The number of primary amides is 1. The van der Waals surface area contributed by atoms with Crippen LogP contribution in [0.3, 0.4) is 0 Å². The fourth-order valence-corrected chi connectivity index (χ4v) is 10.8. The van der Waals surface area contributed by atoms with Crippen molar-refractivity contribution in [1.82, 2.24) is 0 Å². The quantitative estimate of drug-likeness (QED) is 0.308. The maximum absolute atomic E-state index is 12.4. The van der Waals surface area contributed by atoms with Crippen molar-refractivity contribution < 1.29 is 33.9 Å². The summed E-state index contributed by atoms with van der Waals surface area (Å²) in [5.41, 5.74) is 5.82. The number of hydrogen-bond acceptors (Lipinski definition) is 7. The topological polar surface area (TPSA) is 106 Å². The van der Waals surface area contributed by atoms with Crippen LogP contribution < -0.4 is 5.73 Å². The minimum absolute atomic E-state index is 0.102. The molecule has 1 saturated heterocycles. The van der Waals surface area contributed by atoms with Crippen LogP contribution in [0, 0.1) is 46.3 Å². The lowest BCUT2D eigenvalue weighted by Gasteiger charge is -2.64.